The highest BCUT2D eigenvalue weighted by atomic mass is 79.9. The molecule has 0 amide bonds. The number of hydrogen-bond donors (Lipinski definition) is 1. The monoisotopic (exact) mass is 295 g/mol. The maximum Gasteiger partial charge on any atom is 0.0207 e. The smallest absolute Gasteiger partial charge is 0.0207 e. The van der Waals surface area contributed by atoms with Gasteiger partial charge in [0.1, 0.15) is 0 Å². The molecule has 94 valence electrons. The van der Waals surface area contributed by atoms with Crippen LogP contribution in [0.5, 0.6) is 0 Å². The topological polar surface area (TPSA) is 12.0 Å². The van der Waals surface area contributed by atoms with Gasteiger partial charge in [0.05, 0.1) is 0 Å². The molecule has 1 N–H and O–H groups in total. The molecular formula is C15H22BrN. The lowest BCUT2D eigenvalue weighted by Crippen LogP contribution is -2.38. The van der Waals surface area contributed by atoms with Crippen LogP contribution in [0.1, 0.15) is 38.7 Å². The molecule has 1 fully saturated rings. The fourth-order valence-electron chi connectivity index (χ4n) is 2.31. The van der Waals surface area contributed by atoms with Gasteiger partial charge in [-0.15, -0.1) is 0 Å². The van der Waals surface area contributed by atoms with Gasteiger partial charge in [0.25, 0.3) is 0 Å². The number of hydrogen-bond acceptors (Lipinski definition) is 1. The molecule has 17 heavy (non-hydrogen) atoms. The molecule has 1 saturated carbocycles. The number of benzene rings is 1. The molecule has 1 aromatic rings. The third-order valence-corrected chi connectivity index (χ3v) is 4.68. The Labute approximate surface area is 113 Å². The molecule has 0 spiro atoms. The van der Waals surface area contributed by atoms with E-state index in [1.54, 1.807) is 0 Å². The van der Waals surface area contributed by atoms with Crippen molar-refractivity contribution < 1.29 is 0 Å². The summed E-state index contributed by atoms with van der Waals surface area (Å²) in [5.41, 5.74) is 1.96. The van der Waals surface area contributed by atoms with Crippen molar-refractivity contribution in [3.63, 3.8) is 0 Å². The Morgan fingerprint density at radius 3 is 2.65 bits per heavy atom. The summed E-state index contributed by atoms with van der Waals surface area (Å²) in [5.74, 6) is 0. The summed E-state index contributed by atoms with van der Waals surface area (Å²) in [4.78, 5) is 0. The van der Waals surface area contributed by atoms with Crippen molar-refractivity contribution in [1.82, 2.24) is 5.32 Å². The Morgan fingerprint density at radius 2 is 2.06 bits per heavy atom. The van der Waals surface area contributed by atoms with E-state index in [-0.39, 0.29) is 0 Å². The fraction of sp³-hybridized carbons (Fsp3) is 0.600. The van der Waals surface area contributed by atoms with Crippen molar-refractivity contribution in [3.05, 3.63) is 34.3 Å². The number of nitrogens with one attached hydrogen (secondary N) is 1. The lowest BCUT2D eigenvalue weighted by Gasteiger charge is -2.25. The van der Waals surface area contributed by atoms with Gasteiger partial charge in [-0.2, -0.15) is 0 Å². The van der Waals surface area contributed by atoms with Gasteiger partial charge in [-0.3, -0.25) is 0 Å². The first-order valence-corrected chi connectivity index (χ1v) is 7.42. The largest absolute Gasteiger partial charge is 0.313 e. The molecule has 1 aliphatic carbocycles. The normalized spacial score (nSPS) is 19.0. The molecule has 1 aliphatic rings. The summed E-state index contributed by atoms with van der Waals surface area (Å²) in [6, 6.07) is 9.21. The summed E-state index contributed by atoms with van der Waals surface area (Å²) >= 11 is 3.65. The van der Waals surface area contributed by atoms with Gasteiger partial charge < -0.3 is 5.32 Å². The highest BCUT2D eigenvalue weighted by molar-refractivity contribution is 9.10. The van der Waals surface area contributed by atoms with Crippen molar-refractivity contribution >= 4 is 15.9 Å². The van der Waals surface area contributed by atoms with Gasteiger partial charge >= 0.3 is 0 Å². The molecule has 2 rings (SSSR count). The first kappa shape index (κ1) is 13.1. The van der Waals surface area contributed by atoms with Crippen LogP contribution in [0.3, 0.4) is 0 Å². The Bertz CT molecular complexity index is 371. The molecule has 2 heteroatoms. The minimum absolute atomic E-state index is 0.532. The van der Waals surface area contributed by atoms with Crippen molar-refractivity contribution in [1.29, 1.82) is 0 Å². The van der Waals surface area contributed by atoms with Gasteiger partial charge in [0.2, 0.25) is 0 Å². The van der Waals surface area contributed by atoms with E-state index in [0.717, 1.165) is 13.0 Å². The maximum absolute atomic E-state index is 3.73. The Morgan fingerprint density at radius 1 is 1.35 bits per heavy atom. The zero-order valence-corrected chi connectivity index (χ0v) is 12.4. The molecule has 1 atom stereocenters. The third kappa shape index (κ3) is 3.32. The maximum atomic E-state index is 3.73. The van der Waals surface area contributed by atoms with Gasteiger partial charge in [0.15, 0.2) is 0 Å². The molecule has 0 aliphatic heterocycles. The predicted molar refractivity (Wildman–Crippen MR) is 77.3 cm³/mol. The van der Waals surface area contributed by atoms with Crippen molar-refractivity contribution in [3.8, 4) is 0 Å². The molecule has 0 aromatic heterocycles. The van der Waals surface area contributed by atoms with Crippen molar-refractivity contribution in [2.45, 2.75) is 45.6 Å². The average molecular weight is 296 g/mol. The first-order valence-electron chi connectivity index (χ1n) is 6.62. The van der Waals surface area contributed by atoms with Gasteiger partial charge in [-0.05, 0) is 49.3 Å². The second-order valence-corrected chi connectivity index (χ2v) is 6.31. The third-order valence-electron chi connectivity index (χ3n) is 3.90. The van der Waals surface area contributed by atoms with E-state index >= 15 is 0 Å². The summed E-state index contributed by atoms with van der Waals surface area (Å²) in [6.07, 6.45) is 5.10. The lowest BCUT2D eigenvalue weighted by atomic mass is 9.92. The molecular weight excluding hydrogens is 274 g/mol. The molecule has 1 aromatic carbocycles. The van der Waals surface area contributed by atoms with E-state index in [1.165, 1.54) is 29.3 Å². The zero-order valence-electron chi connectivity index (χ0n) is 10.8. The van der Waals surface area contributed by atoms with Crippen LogP contribution in [0, 0.1) is 5.41 Å². The molecule has 0 saturated heterocycles. The van der Waals surface area contributed by atoms with Gasteiger partial charge in [-0.25, -0.2) is 0 Å². The van der Waals surface area contributed by atoms with E-state index in [0.29, 0.717) is 11.5 Å². The SMILES string of the molecule is CCCNC(Cc1ccccc1Br)C1(C)CC1. The van der Waals surface area contributed by atoms with Crippen LogP contribution in [0.25, 0.3) is 0 Å². The summed E-state index contributed by atoms with van der Waals surface area (Å²) < 4.78 is 1.24. The molecule has 0 radical (unpaired) electrons. The van der Waals surface area contributed by atoms with Crippen LogP contribution in [0.2, 0.25) is 0 Å². The fourth-order valence-corrected chi connectivity index (χ4v) is 2.76. The van der Waals surface area contributed by atoms with Crippen LogP contribution >= 0.6 is 15.9 Å². The van der Waals surface area contributed by atoms with E-state index in [1.807, 2.05) is 0 Å². The Hall–Kier alpha value is -0.340. The number of rotatable bonds is 6. The van der Waals surface area contributed by atoms with Gasteiger partial charge in [-0.1, -0.05) is 48.0 Å². The Kier molecular flexibility index (Phi) is 4.26. The summed E-state index contributed by atoms with van der Waals surface area (Å²) in [5, 5.41) is 3.73. The van der Waals surface area contributed by atoms with Crippen LogP contribution in [0.4, 0.5) is 0 Å². The standard InChI is InChI=1S/C15H22BrN/c1-3-10-17-14(15(2)8-9-15)11-12-6-4-5-7-13(12)16/h4-7,14,17H,3,8-11H2,1-2H3. The zero-order chi connectivity index (χ0) is 12.3. The van der Waals surface area contributed by atoms with E-state index < -0.39 is 0 Å². The Balaban J connectivity index is 2.05. The van der Waals surface area contributed by atoms with Crippen LogP contribution < -0.4 is 5.32 Å². The minimum Gasteiger partial charge on any atom is -0.313 e. The summed E-state index contributed by atoms with van der Waals surface area (Å²) in [7, 11) is 0. The lowest BCUT2D eigenvalue weighted by molar-refractivity contribution is 0.354. The van der Waals surface area contributed by atoms with E-state index in [4.69, 9.17) is 0 Å². The minimum atomic E-state index is 0.532. The van der Waals surface area contributed by atoms with Crippen molar-refractivity contribution in [2.75, 3.05) is 6.54 Å². The molecule has 0 bridgehead atoms. The second kappa shape index (κ2) is 5.53. The predicted octanol–water partition coefficient (Wildman–Crippen LogP) is 4.16. The van der Waals surface area contributed by atoms with Crippen LogP contribution in [-0.4, -0.2) is 12.6 Å². The molecule has 1 nitrogen and oxygen atoms in total. The second-order valence-electron chi connectivity index (χ2n) is 5.46. The summed E-state index contributed by atoms with van der Waals surface area (Å²) in [6.45, 7) is 5.78. The molecule has 0 heterocycles. The molecule has 1 unspecified atom stereocenters. The average Bonchev–Trinajstić information content (AvgIpc) is 3.06. The highest BCUT2D eigenvalue weighted by Crippen LogP contribution is 2.49. The van der Waals surface area contributed by atoms with E-state index in [9.17, 15) is 0 Å². The first-order chi connectivity index (χ1) is 8.15. The van der Waals surface area contributed by atoms with Gasteiger partial charge in [0, 0.05) is 10.5 Å². The van der Waals surface area contributed by atoms with Crippen LogP contribution in [-0.2, 0) is 6.42 Å². The van der Waals surface area contributed by atoms with Crippen molar-refractivity contribution in [2.24, 2.45) is 5.41 Å². The highest BCUT2D eigenvalue weighted by Gasteiger charge is 2.44. The van der Waals surface area contributed by atoms with E-state index in [2.05, 4.69) is 59.4 Å². The quantitative estimate of drug-likeness (QED) is 0.831. The van der Waals surface area contributed by atoms with Crippen LogP contribution in [0.15, 0.2) is 28.7 Å². The number of halogens is 1.